The monoisotopic (exact) mass is 454 g/mol. The summed E-state index contributed by atoms with van der Waals surface area (Å²) in [6.07, 6.45) is 8.00. The van der Waals surface area contributed by atoms with Crippen molar-refractivity contribution in [3.05, 3.63) is 101 Å². The highest BCUT2D eigenvalue weighted by molar-refractivity contribution is 5.36. The Morgan fingerprint density at radius 1 is 1.03 bits per heavy atom. The SMILES string of the molecule is C=C=CC1C(C(C)C)NC(C2Cc3ccccc3C2)C(=CCC)N1Cc1ccccc1C(C)C. The fourth-order valence-corrected chi connectivity index (χ4v) is 6.12. The summed E-state index contributed by atoms with van der Waals surface area (Å²) < 4.78 is 0. The van der Waals surface area contributed by atoms with Crippen molar-refractivity contribution in [1.29, 1.82) is 0 Å². The van der Waals surface area contributed by atoms with E-state index >= 15 is 0 Å². The lowest BCUT2D eigenvalue weighted by molar-refractivity contribution is 0.115. The molecule has 0 amide bonds. The van der Waals surface area contributed by atoms with Gasteiger partial charge in [-0.05, 0) is 65.3 Å². The van der Waals surface area contributed by atoms with Gasteiger partial charge in [0.1, 0.15) is 0 Å². The first-order valence-electron chi connectivity index (χ1n) is 13.2. The number of rotatable bonds is 7. The van der Waals surface area contributed by atoms with E-state index in [1.54, 1.807) is 0 Å². The van der Waals surface area contributed by atoms with Crippen LogP contribution in [0.1, 0.15) is 69.2 Å². The molecule has 0 aromatic heterocycles. The molecule has 4 rings (SSSR count). The van der Waals surface area contributed by atoms with E-state index in [9.17, 15) is 0 Å². The van der Waals surface area contributed by atoms with Gasteiger partial charge in [-0.3, -0.25) is 0 Å². The minimum Gasteiger partial charge on any atom is -0.361 e. The van der Waals surface area contributed by atoms with Crippen LogP contribution < -0.4 is 5.32 Å². The molecule has 180 valence electrons. The van der Waals surface area contributed by atoms with Crippen LogP contribution in [0, 0.1) is 11.8 Å². The van der Waals surface area contributed by atoms with E-state index in [0.717, 1.165) is 25.8 Å². The Hall–Kier alpha value is -2.54. The lowest BCUT2D eigenvalue weighted by Crippen LogP contribution is -2.63. The molecule has 0 saturated carbocycles. The van der Waals surface area contributed by atoms with E-state index in [1.807, 2.05) is 0 Å². The first-order chi connectivity index (χ1) is 16.4. The third-order valence-corrected chi connectivity index (χ3v) is 7.74. The summed E-state index contributed by atoms with van der Waals surface area (Å²) in [6, 6.07) is 18.9. The van der Waals surface area contributed by atoms with Gasteiger partial charge in [0, 0.05) is 18.3 Å². The maximum Gasteiger partial charge on any atom is 0.0703 e. The van der Waals surface area contributed by atoms with Gasteiger partial charge in [0.25, 0.3) is 0 Å². The lowest BCUT2D eigenvalue weighted by Gasteiger charge is -2.50. The molecule has 1 fully saturated rings. The van der Waals surface area contributed by atoms with E-state index in [1.165, 1.54) is 28.0 Å². The normalized spacial score (nSPS) is 24.0. The molecule has 2 aliphatic rings. The van der Waals surface area contributed by atoms with Crippen LogP contribution in [0.4, 0.5) is 0 Å². The van der Waals surface area contributed by atoms with Crippen molar-refractivity contribution in [2.45, 2.75) is 84.5 Å². The molecule has 1 aliphatic heterocycles. The molecule has 2 aromatic rings. The summed E-state index contributed by atoms with van der Waals surface area (Å²) in [5, 5.41) is 4.14. The summed E-state index contributed by atoms with van der Waals surface area (Å²) >= 11 is 0. The van der Waals surface area contributed by atoms with Crippen LogP contribution in [0.15, 0.2) is 78.7 Å². The molecule has 2 nitrogen and oxygen atoms in total. The zero-order valence-corrected chi connectivity index (χ0v) is 21.7. The topological polar surface area (TPSA) is 15.3 Å². The number of nitrogens with zero attached hydrogens (tertiary/aromatic N) is 1. The van der Waals surface area contributed by atoms with Crippen molar-refractivity contribution in [3.63, 3.8) is 0 Å². The molecular formula is C32H42N2. The molecular weight excluding hydrogens is 412 g/mol. The summed E-state index contributed by atoms with van der Waals surface area (Å²) in [5.41, 5.74) is 10.5. The maximum atomic E-state index is 4.14. The van der Waals surface area contributed by atoms with Crippen LogP contribution in [-0.4, -0.2) is 23.0 Å². The van der Waals surface area contributed by atoms with Crippen molar-refractivity contribution in [2.24, 2.45) is 11.8 Å². The van der Waals surface area contributed by atoms with Crippen molar-refractivity contribution < 1.29 is 0 Å². The number of piperazine rings is 1. The summed E-state index contributed by atoms with van der Waals surface area (Å²) in [6.45, 7) is 16.5. The van der Waals surface area contributed by atoms with Gasteiger partial charge in [-0.15, -0.1) is 5.73 Å². The molecule has 2 aromatic carbocycles. The van der Waals surface area contributed by atoms with Crippen LogP contribution in [0.5, 0.6) is 0 Å². The quantitative estimate of drug-likeness (QED) is 0.452. The average Bonchev–Trinajstić information content (AvgIpc) is 3.25. The number of hydrogen-bond donors (Lipinski definition) is 1. The number of nitrogens with one attached hydrogen (secondary N) is 1. The molecule has 0 bridgehead atoms. The van der Waals surface area contributed by atoms with Crippen LogP contribution in [0.3, 0.4) is 0 Å². The van der Waals surface area contributed by atoms with E-state index in [2.05, 4.69) is 118 Å². The molecule has 3 atom stereocenters. The summed E-state index contributed by atoms with van der Waals surface area (Å²) in [7, 11) is 0. The van der Waals surface area contributed by atoms with Gasteiger partial charge >= 0.3 is 0 Å². The van der Waals surface area contributed by atoms with E-state index in [0.29, 0.717) is 29.8 Å². The predicted octanol–water partition coefficient (Wildman–Crippen LogP) is 7.03. The molecule has 2 heteroatoms. The van der Waals surface area contributed by atoms with Gasteiger partial charge in [-0.1, -0.05) is 95.8 Å². The van der Waals surface area contributed by atoms with Gasteiger partial charge < -0.3 is 10.2 Å². The molecule has 3 unspecified atom stereocenters. The van der Waals surface area contributed by atoms with E-state index in [4.69, 9.17) is 0 Å². The first-order valence-corrected chi connectivity index (χ1v) is 13.2. The Kier molecular flexibility index (Phi) is 7.81. The van der Waals surface area contributed by atoms with Crippen LogP contribution in [-0.2, 0) is 19.4 Å². The molecule has 1 aliphatic carbocycles. The molecule has 1 heterocycles. The minimum absolute atomic E-state index is 0.232. The predicted molar refractivity (Wildman–Crippen MR) is 145 cm³/mol. The second kappa shape index (κ2) is 10.8. The molecule has 34 heavy (non-hydrogen) atoms. The zero-order chi connectivity index (χ0) is 24.2. The van der Waals surface area contributed by atoms with E-state index in [-0.39, 0.29) is 6.04 Å². The standard InChI is InChI=1S/C32H42N2/c1-7-13-29-31(23(5)6)33-32(27-19-24-15-9-10-16-25(24)20-27)30(14-8-2)34(29)21-26-17-11-12-18-28(26)22(3)4/h9-18,22-23,27,29,31-33H,1,8,19-21H2,2-6H3. The Bertz CT molecular complexity index is 1030. The maximum absolute atomic E-state index is 4.14. The molecule has 1 N–H and O–H groups in total. The van der Waals surface area contributed by atoms with Crippen LogP contribution in [0.2, 0.25) is 0 Å². The van der Waals surface area contributed by atoms with Crippen molar-refractivity contribution in [3.8, 4) is 0 Å². The number of hydrogen-bond acceptors (Lipinski definition) is 2. The van der Waals surface area contributed by atoms with Gasteiger partial charge in [-0.25, -0.2) is 0 Å². The fraction of sp³-hybridized carbons (Fsp3) is 0.469. The largest absolute Gasteiger partial charge is 0.361 e. The Morgan fingerprint density at radius 3 is 2.26 bits per heavy atom. The smallest absolute Gasteiger partial charge is 0.0703 e. The van der Waals surface area contributed by atoms with E-state index < -0.39 is 0 Å². The van der Waals surface area contributed by atoms with Gasteiger partial charge in [0.2, 0.25) is 0 Å². The van der Waals surface area contributed by atoms with Gasteiger partial charge in [0.05, 0.1) is 12.1 Å². The van der Waals surface area contributed by atoms with Crippen molar-refractivity contribution >= 4 is 0 Å². The third-order valence-electron chi connectivity index (χ3n) is 7.74. The molecule has 0 radical (unpaired) electrons. The number of allylic oxidation sites excluding steroid dienone is 1. The fourth-order valence-electron chi connectivity index (χ4n) is 6.12. The summed E-state index contributed by atoms with van der Waals surface area (Å²) in [4.78, 5) is 2.68. The molecule has 1 saturated heterocycles. The highest BCUT2D eigenvalue weighted by atomic mass is 15.3. The Morgan fingerprint density at radius 2 is 1.68 bits per heavy atom. The third kappa shape index (κ3) is 4.95. The summed E-state index contributed by atoms with van der Waals surface area (Å²) in [5.74, 6) is 1.59. The van der Waals surface area contributed by atoms with Crippen LogP contribution >= 0.6 is 0 Å². The Labute approximate surface area is 207 Å². The molecule has 0 spiro atoms. The van der Waals surface area contributed by atoms with Crippen LogP contribution in [0.25, 0.3) is 0 Å². The number of benzene rings is 2. The van der Waals surface area contributed by atoms with Gasteiger partial charge in [0.15, 0.2) is 0 Å². The lowest BCUT2D eigenvalue weighted by atomic mass is 9.83. The second-order valence-electron chi connectivity index (χ2n) is 10.7. The van der Waals surface area contributed by atoms with Crippen molar-refractivity contribution in [1.82, 2.24) is 10.2 Å². The average molecular weight is 455 g/mol. The Balaban J connectivity index is 1.76. The minimum atomic E-state index is 0.232. The van der Waals surface area contributed by atoms with Gasteiger partial charge in [-0.2, -0.15) is 0 Å². The van der Waals surface area contributed by atoms with Crippen molar-refractivity contribution in [2.75, 3.05) is 0 Å². The highest BCUT2D eigenvalue weighted by Gasteiger charge is 2.43. The zero-order valence-electron chi connectivity index (χ0n) is 21.7. The highest BCUT2D eigenvalue weighted by Crippen LogP contribution is 2.38. The first kappa shape index (κ1) is 24.6. The second-order valence-corrected chi connectivity index (χ2v) is 10.7. The number of fused-ring (bicyclic) bond motifs is 1.